The second-order valence-corrected chi connectivity index (χ2v) is 6.15. The first-order chi connectivity index (χ1) is 12.4. The molecule has 138 valence electrons. The van der Waals surface area contributed by atoms with Gasteiger partial charge in [-0.05, 0) is 37.1 Å². The topological polar surface area (TPSA) is 102 Å². The average molecular weight is 356 g/mol. The summed E-state index contributed by atoms with van der Waals surface area (Å²) in [6, 6.07) is 9.98. The minimum atomic E-state index is -0.463. The summed E-state index contributed by atoms with van der Waals surface area (Å²) in [4.78, 5) is 25.3. The van der Waals surface area contributed by atoms with Crippen LogP contribution in [0.15, 0.2) is 36.4 Å². The standard InChI is InChI=1S/C19H24N4O3/c1-4-5-10-21-18-13(2)11-14(12-17(18)23(25)26)19(24)22(3)16-9-7-6-8-15(16)20/h6-9,11-12,21H,4-5,10,20H2,1-3H3. The minimum Gasteiger partial charge on any atom is -0.397 e. The third kappa shape index (κ3) is 4.11. The molecule has 2 aromatic rings. The Hall–Kier alpha value is -3.09. The van der Waals surface area contributed by atoms with Crippen LogP contribution in [-0.4, -0.2) is 24.4 Å². The first kappa shape index (κ1) is 19.2. The second kappa shape index (κ2) is 8.33. The zero-order chi connectivity index (χ0) is 19.3. The molecule has 0 aliphatic carbocycles. The van der Waals surface area contributed by atoms with E-state index in [1.54, 1.807) is 44.3 Å². The molecular formula is C19H24N4O3. The van der Waals surface area contributed by atoms with Gasteiger partial charge < -0.3 is 16.0 Å². The van der Waals surface area contributed by atoms with E-state index in [4.69, 9.17) is 5.73 Å². The van der Waals surface area contributed by atoms with Gasteiger partial charge in [0, 0.05) is 25.2 Å². The number of para-hydroxylation sites is 2. The predicted molar refractivity (Wildman–Crippen MR) is 105 cm³/mol. The van der Waals surface area contributed by atoms with Crippen molar-refractivity contribution in [3.63, 3.8) is 0 Å². The Bertz CT molecular complexity index is 820. The molecule has 26 heavy (non-hydrogen) atoms. The van der Waals surface area contributed by atoms with Crippen molar-refractivity contribution in [3.05, 3.63) is 57.6 Å². The molecule has 0 aliphatic rings. The van der Waals surface area contributed by atoms with Crippen molar-refractivity contribution in [2.75, 3.05) is 29.5 Å². The number of unbranched alkanes of at least 4 members (excludes halogenated alkanes) is 1. The van der Waals surface area contributed by atoms with Gasteiger partial charge in [0.2, 0.25) is 0 Å². The van der Waals surface area contributed by atoms with E-state index in [-0.39, 0.29) is 17.2 Å². The fourth-order valence-electron chi connectivity index (χ4n) is 2.75. The number of nitro groups is 1. The van der Waals surface area contributed by atoms with Crippen LogP contribution in [0.1, 0.15) is 35.7 Å². The number of aryl methyl sites for hydroxylation is 1. The zero-order valence-electron chi connectivity index (χ0n) is 15.3. The van der Waals surface area contributed by atoms with Crippen molar-refractivity contribution >= 4 is 28.7 Å². The summed E-state index contributed by atoms with van der Waals surface area (Å²) in [6.07, 6.45) is 1.90. The van der Waals surface area contributed by atoms with Crippen LogP contribution >= 0.6 is 0 Å². The van der Waals surface area contributed by atoms with Gasteiger partial charge in [0.1, 0.15) is 5.69 Å². The molecule has 0 atom stereocenters. The quantitative estimate of drug-likeness (QED) is 0.338. The molecule has 0 aromatic heterocycles. The van der Waals surface area contributed by atoms with Crippen LogP contribution in [0.4, 0.5) is 22.7 Å². The second-order valence-electron chi connectivity index (χ2n) is 6.15. The van der Waals surface area contributed by atoms with Gasteiger partial charge in [0.25, 0.3) is 11.6 Å². The maximum absolute atomic E-state index is 12.8. The van der Waals surface area contributed by atoms with Crippen LogP contribution in [-0.2, 0) is 0 Å². The Morgan fingerprint density at radius 3 is 2.62 bits per heavy atom. The largest absolute Gasteiger partial charge is 0.397 e. The van der Waals surface area contributed by atoms with Gasteiger partial charge in [-0.3, -0.25) is 14.9 Å². The summed E-state index contributed by atoms with van der Waals surface area (Å²) in [7, 11) is 1.60. The van der Waals surface area contributed by atoms with Crippen molar-refractivity contribution in [2.45, 2.75) is 26.7 Å². The fourth-order valence-corrected chi connectivity index (χ4v) is 2.75. The lowest BCUT2D eigenvalue weighted by Crippen LogP contribution is -2.27. The Morgan fingerprint density at radius 2 is 2.00 bits per heavy atom. The lowest BCUT2D eigenvalue weighted by atomic mass is 10.1. The lowest BCUT2D eigenvalue weighted by Gasteiger charge is -2.20. The summed E-state index contributed by atoms with van der Waals surface area (Å²) in [6.45, 7) is 4.46. The van der Waals surface area contributed by atoms with E-state index in [0.717, 1.165) is 12.8 Å². The van der Waals surface area contributed by atoms with E-state index in [9.17, 15) is 14.9 Å². The molecule has 0 radical (unpaired) electrons. The number of rotatable bonds is 7. The molecule has 7 heteroatoms. The molecule has 7 nitrogen and oxygen atoms in total. The van der Waals surface area contributed by atoms with Crippen molar-refractivity contribution in [3.8, 4) is 0 Å². The number of hydrogen-bond donors (Lipinski definition) is 2. The monoisotopic (exact) mass is 356 g/mol. The number of nitrogens with zero attached hydrogens (tertiary/aromatic N) is 2. The normalized spacial score (nSPS) is 10.4. The van der Waals surface area contributed by atoms with Gasteiger partial charge in [-0.15, -0.1) is 0 Å². The smallest absolute Gasteiger partial charge is 0.293 e. The summed E-state index contributed by atoms with van der Waals surface area (Å²) in [5.41, 5.74) is 8.22. The first-order valence-electron chi connectivity index (χ1n) is 8.52. The molecule has 3 N–H and O–H groups in total. The molecular weight excluding hydrogens is 332 g/mol. The number of carbonyl (C=O) groups is 1. The SMILES string of the molecule is CCCCNc1c(C)cc(C(=O)N(C)c2ccccc2N)cc1[N+](=O)[O-]. The molecule has 2 aromatic carbocycles. The zero-order valence-corrected chi connectivity index (χ0v) is 15.3. The first-order valence-corrected chi connectivity index (χ1v) is 8.52. The average Bonchev–Trinajstić information content (AvgIpc) is 2.61. The molecule has 2 rings (SSSR count). The van der Waals surface area contributed by atoms with Crippen LogP contribution in [0.25, 0.3) is 0 Å². The molecule has 0 heterocycles. The van der Waals surface area contributed by atoms with E-state index in [0.29, 0.717) is 29.2 Å². The molecule has 0 saturated heterocycles. The van der Waals surface area contributed by atoms with Gasteiger partial charge in [-0.2, -0.15) is 0 Å². The summed E-state index contributed by atoms with van der Waals surface area (Å²) in [5.74, 6) is -0.353. The highest BCUT2D eigenvalue weighted by Gasteiger charge is 2.23. The molecule has 0 fully saturated rings. The van der Waals surface area contributed by atoms with Gasteiger partial charge in [-0.1, -0.05) is 25.5 Å². The lowest BCUT2D eigenvalue weighted by molar-refractivity contribution is -0.384. The van der Waals surface area contributed by atoms with Crippen molar-refractivity contribution in [1.82, 2.24) is 0 Å². The van der Waals surface area contributed by atoms with Crippen molar-refractivity contribution < 1.29 is 9.72 Å². The third-order valence-corrected chi connectivity index (χ3v) is 4.19. The number of amides is 1. The number of hydrogen-bond acceptors (Lipinski definition) is 5. The highest BCUT2D eigenvalue weighted by Crippen LogP contribution is 2.31. The van der Waals surface area contributed by atoms with Gasteiger partial charge >= 0.3 is 0 Å². The Labute approximate surface area is 153 Å². The van der Waals surface area contributed by atoms with Crippen LogP contribution in [0.3, 0.4) is 0 Å². The Balaban J connectivity index is 2.39. The molecule has 0 saturated carbocycles. The molecule has 0 spiro atoms. The molecule has 0 bridgehead atoms. The predicted octanol–water partition coefficient (Wildman–Crippen LogP) is 3.97. The van der Waals surface area contributed by atoms with Crippen molar-refractivity contribution in [2.24, 2.45) is 0 Å². The number of nitrogens with one attached hydrogen (secondary N) is 1. The van der Waals surface area contributed by atoms with E-state index in [1.165, 1.54) is 11.0 Å². The Kier molecular flexibility index (Phi) is 6.16. The van der Waals surface area contributed by atoms with Crippen molar-refractivity contribution in [1.29, 1.82) is 0 Å². The number of benzene rings is 2. The van der Waals surface area contributed by atoms with Gasteiger partial charge in [0.05, 0.1) is 16.3 Å². The highest BCUT2D eigenvalue weighted by molar-refractivity contribution is 6.08. The highest BCUT2D eigenvalue weighted by atomic mass is 16.6. The number of carbonyl (C=O) groups excluding carboxylic acids is 1. The van der Waals surface area contributed by atoms with Gasteiger partial charge in [0.15, 0.2) is 0 Å². The minimum absolute atomic E-state index is 0.0983. The van der Waals surface area contributed by atoms with E-state index in [2.05, 4.69) is 12.2 Å². The summed E-state index contributed by atoms with van der Waals surface area (Å²) >= 11 is 0. The maximum Gasteiger partial charge on any atom is 0.293 e. The number of nitro benzene ring substituents is 1. The van der Waals surface area contributed by atoms with E-state index >= 15 is 0 Å². The van der Waals surface area contributed by atoms with Gasteiger partial charge in [-0.25, -0.2) is 0 Å². The van der Waals surface area contributed by atoms with Crippen LogP contribution in [0.2, 0.25) is 0 Å². The van der Waals surface area contributed by atoms with E-state index in [1.807, 2.05) is 0 Å². The Morgan fingerprint density at radius 1 is 1.31 bits per heavy atom. The third-order valence-electron chi connectivity index (χ3n) is 4.19. The van der Waals surface area contributed by atoms with Crippen LogP contribution < -0.4 is 16.0 Å². The summed E-state index contributed by atoms with van der Waals surface area (Å²) < 4.78 is 0. The molecule has 0 unspecified atom stereocenters. The summed E-state index contributed by atoms with van der Waals surface area (Å²) in [5, 5.41) is 14.6. The maximum atomic E-state index is 12.8. The molecule has 1 amide bonds. The van der Waals surface area contributed by atoms with Crippen LogP contribution in [0, 0.1) is 17.0 Å². The van der Waals surface area contributed by atoms with Crippen LogP contribution in [0.5, 0.6) is 0 Å². The van der Waals surface area contributed by atoms with E-state index < -0.39 is 4.92 Å². The fraction of sp³-hybridized carbons (Fsp3) is 0.316. The number of nitrogen functional groups attached to an aromatic ring is 1. The number of nitrogens with two attached hydrogens (primary N) is 1. The molecule has 0 aliphatic heterocycles. The number of anilines is 3.